The summed E-state index contributed by atoms with van der Waals surface area (Å²) >= 11 is 0. The van der Waals surface area contributed by atoms with Gasteiger partial charge >= 0.3 is 5.97 Å². The van der Waals surface area contributed by atoms with Crippen molar-refractivity contribution in [1.82, 2.24) is 4.98 Å². The molecule has 27 heavy (non-hydrogen) atoms. The molecule has 1 unspecified atom stereocenters. The first-order valence-electron chi connectivity index (χ1n) is 8.47. The number of hydrogen-bond donors (Lipinski definition) is 1. The Balaban J connectivity index is 2.14. The quantitative estimate of drug-likeness (QED) is 0.681. The molecule has 1 N–H and O–H groups in total. The zero-order valence-electron chi connectivity index (χ0n) is 15.3. The number of aromatic nitrogens is 1. The van der Waals surface area contributed by atoms with Gasteiger partial charge in [-0.25, -0.2) is 9.37 Å². The van der Waals surface area contributed by atoms with Crippen molar-refractivity contribution in [3.05, 3.63) is 71.2 Å². The van der Waals surface area contributed by atoms with Crippen LogP contribution in [0.3, 0.4) is 0 Å². The average Bonchev–Trinajstić information content (AvgIpc) is 3.04. The third-order valence-corrected chi connectivity index (χ3v) is 4.37. The summed E-state index contributed by atoms with van der Waals surface area (Å²) in [6.45, 7) is 3.63. The SMILES string of the molecule is COc1c(C)cccc1-c1cc(F)cc(C(CC(=O)O)c2ncc(C)o2)c1. The van der Waals surface area contributed by atoms with E-state index in [1.165, 1.54) is 18.3 Å². The van der Waals surface area contributed by atoms with E-state index in [-0.39, 0.29) is 12.3 Å². The summed E-state index contributed by atoms with van der Waals surface area (Å²) in [6, 6.07) is 10.1. The van der Waals surface area contributed by atoms with Crippen LogP contribution in [-0.2, 0) is 4.79 Å². The summed E-state index contributed by atoms with van der Waals surface area (Å²) < 4.78 is 25.4. The summed E-state index contributed by atoms with van der Waals surface area (Å²) in [4.78, 5) is 15.5. The summed E-state index contributed by atoms with van der Waals surface area (Å²) in [5, 5.41) is 9.30. The maximum absolute atomic E-state index is 14.4. The van der Waals surface area contributed by atoms with Gasteiger partial charge in [-0.15, -0.1) is 0 Å². The van der Waals surface area contributed by atoms with Gasteiger partial charge in [-0.05, 0) is 48.7 Å². The molecular weight excluding hydrogens is 349 g/mol. The van der Waals surface area contributed by atoms with Gasteiger partial charge in [0.1, 0.15) is 17.3 Å². The second-order valence-corrected chi connectivity index (χ2v) is 6.39. The third-order valence-electron chi connectivity index (χ3n) is 4.37. The first kappa shape index (κ1) is 18.6. The number of oxazole rings is 1. The number of ether oxygens (including phenoxy) is 1. The Morgan fingerprint density at radius 1 is 1.30 bits per heavy atom. The zero-order chi connectivity index (χ0) is 19.6. The highest BCUT2D eigenvalue weighted by atomic mass is 19.1. The van der Waals surface area contributed by atoms with E-state index in [2.05, 4.69) is 4.98 Å². The van der Waals surface area contributed by atoms with Crippen LogP contribution in [0.15, 0.2) is 47.0 Å². The van der Waals surface area contributed by atoms with E-state index in [0.717, 1.165) is 11.1 Å². The monoisotopic (exact) mass is 369 g/mol. The molecule has 5 nitrogen and oxygen atoms in total. The molecule has 3 rings (SSSR count). The number of carboxylic acids is 1. The summed E-state index contributed by atoms with van der Waals surface area (Å²) in [5.41, 5.74) is 2.74. The van der Waals surface area contributed by atoms with Gasteiger partial charge in [0.2, 0.25) is 5.89 Å². The van der Waals surface area contributed by atoms with Crippen molar-refractivity contribution in [3.63, 3.8) is 0 Å². The van der Waals surface area contributed by atoms with E-state index in [0.29, 0.717) is 22.6 Å². The van der Waals surface area contributed by atoms with Gasteiger partial charge in [-0.1, -0.05) is 18.2 Å². The Hall–Kier alpha value is -3.15. The lowest BCUT2D eigenvalue weighted by atomic mass is 9.91. The molecule has 0 radical (unpaired) electrons. The van der Waals surface area contributed by atoms with E-state index < -0.39 is 17.7 Å². The number of nitrogens with zero attached hydrogens (tertiary/aromatic N) is 1. The Kier molecular flexibility index (Phi) is 5.26. The fourth-order valence-corrected chi connectivity index (χ4v) is 3.18. The number of hydrogen-bond acceptors (Lipinski definition) is 4. The number of aryl methyl sites for hydroxylation is 2. The van der Waals surface area contributed by atoms with Crippen molar-refractivity contribution in [3.8, 4) is 16.9 Å². The molecule has 0 saturated carbocycles. The third kappa shape index (κ3) is 4.00. The van der Waals surface area contributed by atoms with E-state index >= 15 is 0 Å². The zero-order valence-corrected chi connectivity index (χ0v) is 15.3. The molecule has 2 aromatic carbocycles. The largest absolute Gasteiger partial charge is 0.496 e. The second-order valence-electron chi connectivity index (χ2n) is 6.39. The van der Waals surface area contributed by atoms with Crippen molar-refractivity contribution >= 4 is 5.97 Å². The smallest absolute Gasteiger partial charge is 0.304 e. The number of carbonyl (C=O) groups is 1. The molecule has 6 heteroatoms. The second kappa shape index (κ2) is 7.61. The average molecular weight is 369 g/mol. The van der Waals surface area contributed by atoms with Gasteiger partial charge in [0.05, 0.1) is 25.6 Å². The highest BCUT2D eigenvalue weighted by molar-refractivity contribution is 5.73. The molecule has 0 bridgehead atoms. The van der Waals surface area contributed by atoms with Crippen molar-refractivity contribution < 1.29 is 23.4 Å². The van der Waals surface area contributed by atoms with Gasteiger partial charge < -0.3 is 14.3 Å². The van der Waals surface area contributed by atoms with Crippen LogP contribution >= 0.6 is 0 Å². The van der Waals surface area contributed by atoms with Gasteiger partial charge in [0.25, 0.3) is 0 Å². The summed E-state index contributed by atoms with van der Waals surface area (Å²) in [5.74, 6) is -0.711. The van der Waals surface area contributed by atoms with Crippen molar-refractivity contribution in [2.45, 2.75) is 26.2 Å². The lowest BCUT2D eigenvalue weighted by Gasteiger charge is -2.16. The van der Waals surface area contributed by atoms with Crippen LogP contribution in [0.5, 0.6) is 5.75 Å². The maximum Gasteiger partial charge on any atom is 0.304 e. The topological polar surface area (TPSA) is 72.6 Å². The molecule has 0 amide bonds. The molecule has 0 fully saturated rings. The van der Waals surface area contributed by atoms with E-state index in [4.69, 9.17) is 9.15 Å². The molecular formula is C21H20FNO4. The Labute approximate surface area is 156 Å². The molecule has 140 valence electrons. The lowest BCUT2D eigenvalue weighted by molar-refractivity contribution is -0.137. The van der Waals surface area contributed by atoms with E-state index in [9.17, 15) is 14.3 Å². The Bertz CT molecular complexity index is 980. The minimum absolute atomic E-state index is 0.252. The standard InChI is InChI=1S/C21H20FNO4/c1-12-5-4-6-17(20(12)26-3)14-7-15(9-16(22)8-14)18(10-19(24)25)21-23-11-13(2)27-21/h4-9,11,18H,10H2,1-3H3,(H,24,25). The first-order chi connectivity index (χ1) is 12.9. The molecule has 1 heterocycles. The van der Waals surface area contributed by atoms with Crippen molar-refractivity contribution in [1.29, 1.82) is 0 Å². The van der Waals surface area contributed by atoms with Gasteiger partial charge in [0, 0.05) is 5.56 Å². The normalized spacial score (nSPS) is 12.0. The fraction of sp³-hybridized carbons (Fsp3) is 0.238. The fourth-order valence-electron chi connectivity index (χ4n) is 3.18. The minimum atomic E-state index is -1.02. The van der Waals surface area contributed by atoms with Crippen LogP contribution in [0.1, 0.15) is 35.1 Å². The van der Waals surface area contributed by atoms with Gasteiger partial charge in [-0.2, -0.15) is 0 Å². The molecule has 0 aliphatic heterocycles. The van der Waals surface area contributed by atoms with Crippen molar-refractivity contribution in [2.24, 2.45) is 0 Å². The van der Waals surface area contributed by atoms with Gasteiger partial charge in [-0.3, -0.25) is 4.79 Å². The van der Waals surface area contributed by atoms with Crippen LogP contribution in [-0.4, -0.2) is 23.2 Å². The molecule has 0 aliphatic rings. The molecule has 0 saturated heterocycles. The van der Waals surface area contributed by atoms with Crippen LogP contribution in [0.25, 0.3) is 11.1 Å². The van der Waals surface area contributed by atoms with E-state index in [1.54, 1.807) is 20.1 Å². The predicted octanol–water partition coefficient (Wildman–Crippen LogP) is 4.71. The summed E-state index contributed by atoms with van der Waals surface area (Å²) in [7, 11) is 1.56. The van der Waals surface area contributed by atoms with Crippen LogP contribution in [0, 0.1) is 19.7 Å². The molecule has 1 atom stereocenters. The van der Waals surface area contributed by atoms with E-state index in [1.807, 2.05) is 25.1 Å². The number of para-hydroxylation sites is 1. The number of halogens is 1. The Morgan fingerprint density at radius 2 is 2.07 bits per heavy atom. The van der Waals surface area contributed by atoms with Crippen LogP contribution < -0.4 is 4.74 Å². The number of benzene rings is 2. The number of methoxy groups -OCH3 is 1. The maximum atomic E-state index is 14.4. The highest BCUT2D eigenvalue weighted by Crippen LogP contribution is 2.36. The molecule has 0 aliphatic carbocycles. The summed E-state index contributed by atoms with van der Waals surface area (Å²) in [6.07, 6.45) is 1.27. The van der Waals surface area contributed by atoms with Gasteiger partial charge in [0.15, 0.2) is 0 Å². The minimum Gasteiger partial charge on any atom is -0.496 e. The number of carboxylic acid groups (broad SMARTS) is 1. The predicted molar refractivity (Wildman–Crippen MR) is 98.5 cm³/mol. The first-order valence-corrected chi connectivity index (χ1v) is 8.47. The molecule has 0 spiro atoms. The lowest BCUT2D eigenvalue weighted by Crippen LogP contribution is -2.09. The highest BCUT2D eigenvalue weighted by Gasteiger charge is 2.24. The van der Waals surface area contributed by atoms with Crippen LogP contribution in [0.2, 0.25) is 0 Å². The Morgan fingerprint density at radius 3 is 2.70 bits per heavy atom. The van der Waals surface area contributed by atoms with Crippen LogP contribution in [0.4, 0.5) is 4.39 Å². The van der Waals surface area contributed by atoms with Crippen molar-refractivity contribution in [2.75, 3.05) is 7.11 Å². The molecule has 3 aromatic rings. The molecule has 1 aromatic heterocycles. The number of rotatable bonds is 6. The number of aliphatic carboxylic acids is 1.